The van der Waals surface area contributed by atoms with E-state index < -0.39 is 0 Å². The third kappa shape index (κ3) is 4.51. The highest BCUT2D eigenvalue weighted by Gasteiger charge is 2.08. The van der Waals surface area contributed by atoms with E-state index in [9.17, 15) is 9.59 Å². The molecule has 0 saturated heterocycles. The van der Waals surface area contributed by atoms with Gasteiger partial charge in [0.1, 0.15) is 0 Å². The highest BCUT2D eigenvalue weighted by molar-refractivity contribution is 6.04. The van der Waals surface area contributed by atoms with Gasteiger partial charge in [-0.25, -0.2) is 0 Å². The van der Waals surface area contributed by atoms with Crippen LogP contribution in [-0.2, 0) is 6.54 Å². The number of amides is 2. The van der Waals surface area contributed by atoms with Gasteiger partial charge in [-0.3, -0.25) is 14.6 Å². The van der Waals surface area contributed by atoms with Crippen molar-refractivity contribution in [3.63, 3.8) is 0 Å². The second-order valence-corrected chi connectivity index (χ2v) is 5.44. The van der Waals surface area contributed by atoms with Crippen molar-refractivity contribution in [3.8, 4) is 0 Å². The van der Waals surface area contributed by atoms with Crippen LogP contribution in [-0.4, -0.2) is 16.8 Å². The Morgan fingerprint density at radius 1 is 0.800 bits per heavy atom. The first-order chi connectivity index (χ1) is 12.2. The van der Waals surface area contributed by atoms with E-state index in [1.54, 1.807) is 42.6 Å². The molecular weight excluding hydrogens is 314 g/mol. The van der Waals surface area contributed by atoms with E-state index in [2.05, 4.69) is 15.6 Å². The molecule has 124 valence electrons. The predicted molar refractivity (Wildman–Crippen MR) is 96.2 cm³/mol. The summed E-state index contributed by atoms with van der Waals surface area (Å²) >= 11 is 0. The van der Waals surface area contributed by atoms with Gasteiger partial charge in [0.25, 0.3) is 11.8 Å². The molecule has 0 fully saturated rings. The molecule has 5 heteroatoms. The summed E-state index contributed by atoms with van der Waals surface area (Å²) in [6.45, 7) is 0.471. The Morgan fingerprint density at radius 3 is 2.24 bits per heavy atom. The van der Waals surface area contributed by atoms with E-state index in [-0.39, 0.29) is 11.8 Å². The lowest BCUT2D eigenvalue weighted by Crippen LogP contribution is -2.22. The number of anilines is 1. The van der Waals surface area contributed by atoms with Crippen molar-refractivity contribution in [2.24, 2.45) is 0 Å². The molecule has 2 aromatic carbocycles. The summed E-state index contributed by atoms with van der Waals surface area (Å²) in [6.07, 6.45) is 3.11. The van der Waals surface area contributed by atoms with Crippen LogP contribution < -0.4 is 10.6 Å². The fraction of sp³-hybridized carbons (Fsp3) is 0.0500. The molecule has 0 unspecified atom stereocenters. The first kappa shape index (κ1) is 16.4. The van der Waals surface area contributed by atoms with Crippen LogP contribution in [0.15, 0.2) is 79.1 Å². The SMILES string of the molecule is O=C(NCc1ccccc1)c1ccc(NC(=O)c2cccnc2)cc1. The second kappa shape index (κ2) is 7.88. The normalized spacial score (nSPS) is 10.1. The fourth-order valence-corrected chi connectivity index (χ4v) is 2.29. The molecule has 1 aromatic heterocycles. The highest BCUT2D eigenvalue weighted by atomic mass is 16.2. The van der Waals surface area contributed by atoms with Gasteiger partial charge in [-0.05, 0) is 42.0 Å². The number of hydrogen-bond donors (Lipinski definition) is 2. The predicted octanol–water partition coefficient (Wildman–Crippen LogP) is 3.26. The summed E-state index contributed by atoms with van der Waals surface area (Å²) in [7, 11) is 0. The van der Waals surface area contributed by atoms with Gasteiger partial charge in [0.05, 0.1) is 5.56 Å². The molecule has 0 bridgehead atoms. The molecule has 0 spiro atoms. The molecule has 25 heavy (non-hydrogen) atoms. The van der Waals surface area contributed by atoms with Crippen LogP contribution in [0.25, 0.3) is 0 Å². The van der Waals surface area contributed by atoms with Crippen LogP contribution in [0, 0.1) is 0 Å². The Bertz CT molecular complexity index is 847. The number of nitrogens with zero attached hydrogens (tertiary/aromatic N) is 1. The molecule has 0 radical (unpaired) electrons. The average molecular weight is 331 g/mol. The van der Waals surface area contributed by atoms with E-state index in [1.807, 2.05) is 30.3 Å². The standard InChI is InChI=1S/C20H17N3O2/c24-19(22-13-15-5-2-1-3-6-15)16-8-10-18(11-9-16)23-20(25)17-7-4-12-21-14-17/h1-12,14H,13H2,(H,22,24)(H,23,25). The lowest BCUT2D eigenvalue weighted by atomic mass is 10.1. The number of carbonyl (C=O) groups is 2. The van der Waals surface area contributed by atoms with Gasteiger partial charge < -0.3 is 10.6 Å². The summed E-state index contributed by atoms with van der Waals surface area (Å²) in [6, 6.07) is 19.9. The molecular formula is C20H17N3O2. The zero-order valence-corrected chi connectivity index (χ0v) is 13.5. The zero-order chi connectivity index (χ0) is 17.5. The molecule has 0 saturated carbocycles. The van der Waals surface area contributed by atoms with Gasteiger partial charge >= 0.3 is 0 Å². The molecule has 0 aliphatic heterocycles. The van der Waals surface area contributed by atoms with Gasteiger partial charge in [-0.2, -0.15) is 0 Å². The summed E-state index contributed by atoms with van der Waals surface area (Å²) in [5.41, 5.74) is 2.67. The van der Waals surface area contributed by atoms with Crippen molar-refractivity contribution in [2.45, 2.75) is 6.54 Å². The lowest BCUT2D eigenvalue weighted by Gasteiger charge is -2.08. The minimum Gasteiger partial charge on any atom is -0.348 e. The molecule has 2 N–H and O–H groups in total. The zero-order valence-electron chi connectivity index (χ0n) is 13.5. The maximum atomic E-state index is 12.2. The summed E-state index contributed by atoms with van der Waals surface area (Å²) < 4.78 is 0. The number of rotatable bonds is 5. The first-order valence-electron chi connectivity index (χ1n) is 7.86. The summed E-state index contributed by atoms with van der Waals surface area (Å²) in [5, 5.41) is 5.64. The number of hydrogen-bond acceptors (Lipinski definition) is 3. The second-order valence-electron chi connectivity index (χ2n) is 5.44. The Hall–Kier alpha value is -3.47. The van der Waals surface area contributed by atoms with Gasteiger partial charge in [0.15, 0.2) is 0 Å². The smallest absolute Gasteiger partial charge is 0.257 e. The highest BCUT2D eigenvalue weighted by Crippen LogP contribution is 2.11. The number of benzene rings is 2. The van der Waals surface area contributed by atoms with Gasteiger partial charge in [-0.1, -0.05) is 30.3 Å². The van der Waals surface area contributed by atoms with Crippen LogP contribution in [0.3, 0.4) is 0 Å². The van der Waals surface area contributed by atoms with Crippen LogP contribution in [0.2, 0.25) is 0 Å². The Labute approximate surface area is 145 Å². The minimum atomic E-state index is -0.241. The van der Waals surface area contributed by atoms with Crippen molar-refractivity contribution >= 4 is 17.5 Å². The molecule has 3 rings (SSSR count). The lowest BCUT2D eigenvalue weighted by molar-refractivity contribution is 0.0950. The Balaban J connectivity index is 1.58. The third-order valence-electron chi connectivity index (χ3n) is 3.62. The monoisotopic (exact) mass is 331 g/mol. The van der Waals surface area contributed by atoms with E-state index in [0.717, 1.165) is 5.56 Å². The van der Waals surface area contributed by atoms with Gasteiger partial charge in [-0.15, -0.1) is 0 Å². The van der Waals surface area contributed by atoms with E-state index in [1.165, 1.54) is 6.20 Å². The molecule has 1 heterocycles. The van der Waals surface area contributed by atoms with E-state index >= 15 is 0 Å². The largest absolute Gasteiger partial charge is 0.348 e. The Kier molecular flexibility index (Phi) is 5.16. The quantitative estimate of drug-likeness (QED) is 0.754. The van der Waals surface area contributed by atoms with E-state index in [0.29, 0.717) is 23.4 Å². The van der Waals surface area contributed by atoms with Crippen LogP contribution in [0.5, 0.6) is 0 Å². The maximum Gasteiger partial charge on any atom is 0.257 e. The fourth-order valence-electron chi connectivity index (χ4n) is 2.29. The van der Waals surface area contributed by atoms with Crippen LogP contribution in [0.4, 0.5) is 5.69 Å². The first-order valence-corrected chi connectivity index (χ1v) is 7.86. The number of carbonyl (C=O) groups excluding carboxylic acids is 2. The minimum absolute atomic E-state index is 0.158. The maximum absolute atomic E-state index is 12.2. The third-order valence-corrected chi connectivity index (χ3v) is 3.62. The van der Waals surface area contributed by atoms with Gasteiger partial charge in [0, 0.05) is 30.2 Å². The van der Waals surface area contributed by atoms with Crippen LogP contribution in [0.1, 0.15) is 26.3 Å². The van der Waals surface area contributed by atoms with E-state index in [4.69, 9.17) is 0 Å². The van der Waals surface area contributed by atoms with Crippen molar-refractivity contribution in [1.29, 1.82) is 0 Å². The van der Waals surface area contributed by atoms with Crippen LogP contribution >= 0.6 is 0 Å². The van der Waals surface area contributed by atoms with Crippen molar-refractivity contribution in [1.82, 2.24) is 10.3 Å². The number of pyridine rings is 1. The topological polar surface area (TPSA) is 71.1 Å². The molecule has 3 aromatic rings. The average Bonchev–Trinajstić information content (AvgIpc) is 2.68. The molecule has 0 aliphatic rings. The van der Waals surface area contributed by atoms with Crippen molar-refractivity contribution in [3.05, 3.63) is 95.8 Å². The molecule has 0 aliphatic carbocycles. The number of aromatic nitrogens is 1. The van der Waals surface area contributed by atoms with Crippen molar-refractivity contribution in [2.75, 3.05) is 5.32 Å². The molecule has 5 nitrogen and oxygen atoms in total. The Morgan fingerprint density at radius 2 is 1.56 bits per heavy atom. The molecule has 0 atom stereocenters. The van der Waals surface area contributed by atoms with Crippen molar-refractivity contribution < 1.29 is 9.59 Å². The summed E-state index contributed by atoms with van der Waals surface area (Å²) in [5.74, 6) is -0.400. The molecule has 2 amide bonds. The number of nitrogens with one attached hydrogen (secondary N) is 2. The van der Waals surface area contributed by atoms with Gasteiger partial charge in [0.2, 0.25) is 0 Å². The summed E-state index contributed by atoms with van der Waals surface area (Å²) in [4.78, 5) is 28.1.